The van der Waals surface area contributed by atoms with E-state index in [1.807, 2.05) is 30.3 Å². The van der Waals surface area contributed by atoms with E-state index in [-0.39, 0.29) is 0 Å². The highest BCUT2D eigenvalue weighted by molar-refractivity contribution is 6.13. The fraction of sp³-hybridized carbons (Fsp3) is 0. The SMILES string of the molecule is c1ccc(-c2ccc(-n3c4ccccc4c4cc5ccn(-c6ccccc6)c5cc43)nn2)cc1. The van der Waals surface area contributed by atoms with E-state index in [2.05, 4.69) is 110 Å². The van der Waals surface area contributed by atoms with E-state index < -0.39 is 0 Å². The van der Waals surface area contributed by atoms with Crippen molar-refractivity contribution in [3.63, 3.8) is 0 Å². The molecular weight excluding hydrogens is 416 g/mol. The van der Waals surface area contributed by atoms with Gasteiger partial charge in [0.1, 0.15) is 0 Å². The number of nitrogens with zero attached hydrogens (tertiary/aromatic N) is 4. The van der Waals surface area contributed by atoms with Gasteiger partial charge in [-0.3, -0.25) is 4.57 Å². The number of para-hydroxylation sites is 2. The van der Waals surface area contributed by atoms with Gasteiger partial charge in [0.15, 0.2) is 5.82 Å². The van der Waals surface area contributed by atoms with Crippen LogP contribution in [0.2, 0.25) is 0 Å². The number of aromatic nitrogens is 4. The van der Waals surface area contributed by atoms with Crippen LogP contribution in [0.15, 0.2) is 121 Å². The summed E-state index contributed by atoms with van der Waals surface area (Å²) >= 11 is 0. The standard InChI is InChI=1S/C30H20N4/c1-3-9-21(10-4-1)26-15-16-30(32-31-26)34-27-14-8-7-13-24(27)25-19-22-17-18-33(28(22)20-29(25)34)23-11-5-2-6-12-23/h1-20H. The van der Waals surface area contributed by atoms with Crippen LogP contribution in [-0.4, -0.2) is 19.3 Å². The van der Waals surface area contributed by atoms with E-state index in [4.69, 9.17) is 0 Å². The molecule has 34 heavy (non-hydrogen) atoms. The van der Waals surface area contributed by atoms with Crippen LogP contribution in [0.25, 0.3) is 55.5 Å². The van der Waals surface area contributed by atoms with Crippen molar-refractivity contribution in [2.45, 2.75) is 0 Å². The number of benzene rings is 4. The topological polar surface area (TPSA) is 35.6 Å². The minimum absolute atomic E-state index is 0.808. The van der Waals surface area contributed by atoms with Gasteiger partial charge in [0.25, 0.3) is 0 Å². The van der Waals surface area contributed by atoms with E-state index in [0.29, 0.717) is 0 Å². The number of hydrogen-bond acceptors (Lipinski definition) is 2. The normalized spacial score (nSPS) is 11.5. The molecule has 0 aliphatic heterocycles. The van der Waals surface area contributed by atoms with Crippen LogP contribution in [0, 0.1) is 0 Å². The van der Waals surface area contributed by atoms with E-state index in [1.165, 1.54) is 16.2 Å². The molecule has 3 aromatic heterocycles. The highest BCUT2D eigenvalue weighted by atomic mass is 15.2. The summed E-state index contributed by atoms with van der Waals surface area (Å²) in [4.78, 5) is 0. The Labute approximate surface area is 196 Å². The third-order valence-corrected chi connectivity index (χ3v) is 6.47. The Morgan fingerprint density at radius 3 is 2.09 bits per heavy atom. The molecule has 0 amide bonds. The summed E-state index contributed by atoms with van der Waals surface area (Å²) in [5.74, 6) is 0.808. The van der Waals surface area contributed by atoms with E-state index in [9.17, 15) is 0 Å². The van der Waals surface area contributed by atoms with Gasteiger partial charge < -0.3 is 4.57 Å². The van der Waals surface area contributed by atoms with Gasteiger partial charge in [0.2, 0.25) is 0 Å². The van der Waals surface area contributed by atoms with Crippen molar-refractivity contribution in [2.75, 3.05) is 0 Å². The van der Waals surface area contributed by atoms with Gasteiger partial charge in [0, 0.05) is 33.6 Å². The molecule has 0 radical (unpaired) electrons. The number of fused-ring (bicyclic) bond motifs is 4. The number of hydrogen-bond donors (Lipinski definition) is 0. The monoisotopic (exact) mass is 436 g/mol. The molecule has 0 saturated carbocycles. The van der Waals surface area contributed by atoms with Crippen molar-refractivity contribution in [1.82, 2.24) is 19.3 Å². The molecule has 0 N–H and O–H groups in total. The first-order valence-corrected chi connectivity index (χ1v) is 11.4. The van der Waals surface area contributed by atoms with Crippen molar-refractivity contribution in [1.29, 1.82) is 0 Å². The summed E-state index contributed by atoms with van der Waals surface area (Å²) in [6.07, 6.45) is 2.14. The quantitative estimate of drug-likeness (QED) is 0.294. The molecule has 0 aliphatic rings. The second-order valence-electron chi connectivity index (χ2n) is 8.44. The molecule has 0 bridgehead atoms. The Bertz CT molecular complexity index is 1780. The highest BCUT2D eigenvalue weighted by Gasteiger charge is 2.16. The average Bonchev–Trinajstić information content (AvgIpc) is 3.47. The average molecular weight is 437 g/mol. The summed E-state index contributed by atoms with van der Waals surface area (Å²) in [6, 6.07) is 39.9. The van der Waals surface area contributed by atoms with E-state index >= 15 is 0 Å². The molecule has 0 fully saturated rings. The van der Waals surface area contributed by atoms with Crippen molar-refractivity contribution >= 4 is 32.7 Å². The Morgan fingerprint density at radius 2 is 1.29 bits per heavy atom. The largest absolute Gasteiger partial charge is 0.316 e. The van der Waals surface area contributed by atoms with E-state index in [1.54, 1.807) is 0 Å². The third kappa shape index (κ3) is 2.86. The summed E-state index contributed by atoms with van der Waals surface area (Å²) < 4.78 is 4.45. The lowest BCUT2D eigenvalue weighted by Gasteiger charge is -2.09. The Kier molecular flexibility index (Phi) is 4.11. The molecular formula is C30H20N4. The first-order chi connectivity index (χ1) is 16.9. The Hall–Kier alpha value is -4.70. The highest BCUT2D eigenvalue weighted by Crippen LogP contribution is 2.35. The van der Waals surface area contributed by atoms with Crippen molar-refractivity contribution < 1.29 is 0 Å². The van der Waals surface area contributed by atoms with Crippen LogP contribution in [0.5, 0.6) is 0 Å². The maximum absolute atomic E-state index is 4.65. The minimum atomic E-state index is 0.808. The van der Waals surface area contributed by atoms with Crippen LogP contribution in [0.3, 0.4) is 0 Å². The predicted octanol–water partition coefficient (Wildman–Crippen LogP) is 7.18. The maximum Gasteiger partial charge on any atom is 0.160 e. The lowest BCUT2D eigenvalue weighted by molar-refractivity contribution is 0.958. The van der Waals surface area contributed by atoms with Gasteiger partial charge in [-0.2, -0.15) is 0 Å². The third-order valence-electron chi connectivity index (χ3n) is 6.47. The lowest BCUT2D eigenvalue weighted by atomic mass is 10.1. The summed E-state index contributed by atoms with van der Waals surface area (Å²) in [7, 11) is 0. The maximum atomic E-state index is 4.65. The Balaban J connectivity index is 1.48. The molecule has 3 heterocycles. The fourth-order valence-corrected chi connectivity index (χ4v) is 4.87. The second-order valence-corrected chi connectivity index (χ2v) is 8.44. The van der Waals surface area contributed by atoms with Crippen molar-refractivity contribution in [2.24, 2.45) is 0 Å². The van der Waals surface area contributed by atoms with Crippen molar-refractivity contribution in [3.8, 4) is 22.8 Å². The lowest BCUT2D eigenvalue weighted by Crippen LogP contribution is -2.00. The van der Waals surface area contributed by atoms with E-state index in [0.717, 1.165) is 39.3 Å². The molecule has 0 aliphatic carbocycles. The molecule has 4 heteroatoms. The Morgan fingerprint density at radius 1 is 0.529 bits per heavy atom. The minimum Gasteiger partial charge on any atom is -0.316 e. The summed E-state index contributed by atoms with van der Waals surface area (Å²) in [5, 5.41) is 12.8. The van der Waals surface area contributed by atoms with Crippen LogP contribution >= 0.6 is 0 Å². The smallest absolute Gasteiger partial charge is 0.160 e. The molecule has 0 spiro atoms. The van der Waals surface area contributed by atoms with Gasteiger partial charge in [-0.25, -0.2) is 0 Å². The molecule has 0 saturated heterocycles. The molecule has 7 rings (SSSR count). The van der Waals surface area contributed by atoms with Gasteiger partial charge in [-0.1, -0.05) is 66.7 Å². The van der Waals surface area contributed by atoms with Gasteiger partial charge in [-0.05, 0) is 48.5 Å². The summed E-state index contributed by atoms with van der Waals surface area (Å²) in [6.45, 7) is 0. The second kappa shape index (κ2) is 7.42. The predicted molar refractivity (Wildman–Crippen MR) is 139 cm³/mol. The van der Waals surface area contributed by atoms with Crippen LogP contribution in [0.4, 0.5) is 0 Å². The zero-order valence-electron chi connectivity index (χ0n) is 18.3. The van der Waals surface area contributed by atoms with Crippen LogP contribution in [-0.2, 0) is 0 Å². The van der Waals surface area contributed by atoms with Gasteiger partial charge in [-0.15, -0.1) is 10.2 Å². The van der Waals surface area contributed by atoms with Gasteiger partial charge in [0.05, 0.1) is 22.2 Å². The molecule has 0 atom stereocenters. The first kappa shape index (κ1) is 18.8. The first-order valence-electron chi connectivity index (χ1n) is 11.4. The zero-order chi connectivity index (χ0) is 22.5. The van der Waals surface area contributed by atoms with Crippen molar-refractivity contribution in [3.05, 3.63) is 121 Å². The molecule has 7 aromatic rings. The van der Waals surface area contributed by atoms with Gasteiger partial charge >= 0.3 is 0 Å². The van der Waals surface area contributed by atoms with Crippen LogP contribution < -0.4 is 0 Å². The number of rotatable bonds is 3. The zero-order valence-corrected chi connectivity index (χ0v) is 18.3. The fourth-order valence-electron chi connectivity index (χ4n) is 4.87. The summed E-state index contributed by atoms with van der Waals surface area (Å²) in [5.41, 5.74) is 6.48. The molecule has 0 unspecified atom stereocenters. The van der Waals surface area contributed by atoms with Crippen LogP contribution in [0.1, 0.15) is 0 Å². The molecule has 160 valence electrons. The molecule has 4 aromatic carbocycles. The molecule has 4 nitrogen and oxygen atoms in total.